The highest BCUT2D eigenvalue weighted by Gasteiger charge is 2.11. The van der Waals surface area contributed by atoms with Crippen molar-refractivity contribution in [2.24, 2.45) is 5.92 Å². The van der Waals surface area contributed by atoms with Gasteiger partial charge in [-0.15, -0.1) is 0 Å². The van der Waals surface area contributed by atoms with E-state index in [0.717, 1.165) is 6.29 Å². The normalized spacial score (nSPS) is 11.9. The fraction of sp³-hybridized carbons (Fsp3) is 0.462. The molecule has 0 saturated carbocycles. The largest absolute Gasteiger partial charge is 0.490 e. The van der Waals surface area contributed by atoms with Crippen LogP contribution in [0.2, 0.25) is 0 Å². The van der Waals surface area contributed by atoms with E-state index in [9.17, 15) is 4.79 Å². The number of hydrogen-bond donors (Lipinski definition) is 1. The minimum Gasteiger partial charge on any atom is -0.490 e. The van der Waals surface area contributed by atoms with Crippen LogP contribution in [0.4, 0.5) is 0 Å². The van der Waals surface area contributed by atoms with Crippen molar-refractivity contribution in [1.82, 2.24) is 0 Å². The van der Waals surface area contributed by atoms with Crippen LogP contribution < -0.4 is 9.47 Å². The van der Waals surface area contributed by atoms with Crippen LogP contribution >= 0.6 is 0 Å². The van der Waals surface area contributed by atoms with E-state index in [4.69, 9.17) is 14.6 Å². The molecule has 1 N–H and O–H groups in total. The molecule has 17 heavy (non-hydrogen) atoms. The van der Waals surface area contributed by atoms with Crippen molar-refractivity contribution in [3.63, 3.8) is 0 Å². The number of aldehydes is 1. The molecule has 0 aromatic heterocycles. The van der Waals surface area contributed by atoms with Crippen molar-refractivity contribution >= 4 is 6.29 Å². The van der Waals surface area contributed by atoms with Crippen molar-refractivity contribution in [2.75, 3.05) is 19.8 Å². The van der Waals surface area contributed by atoms with Crippen LogP contribution in [0.5, 0.6) is 11.5 Å². The van der Waals surface area contributed by atoms with Crippen molar-refractivity contribution < 1.29 is 19.4 Å². The lowest BCUT2D eigenvalue weighted by atomic mass is 10.2. The van der Waals surface area contributed by atoms with E-state index in [2.05, 4.69) is 0 Å². The number of benzene rings is 1. The molecule has 0 aliphatic heterocycles. The molecule has 1 aromatic carbocycles. The first-order valence-corrected chi connectivity index (χ1v) is 5.67. The van der Waals surface area contributed by atoms with Crippen LogP contribution in [0.1, 0.15) is 24.2 Å². The maximum Gasteiger partial charge on any atom is 0.171 e. The summed E-state index contributed by atoms with van der Waals surface area (Å²) in [6.45, 7) is 4.64. The number of carbonyl (C=O) groups excluding carboxylic acids is 1. The number of aliphatic hydroxyl groups excluding tert-OH is 1. The van der Waals surface area contributed by atoms with E-state index in [0.29, 0.717) is 30.3 Å². The van der Waals surface area contributed by atoms with E-state index >= 15 is 0 Å². The molecule has 1 aromatic rings. The van der Waals surface area contributed by atoms with Crippen LogP contribution in [-0.2, 0) is 0 Å². The Morgan fingerprint density at radius 1 is 1.41 bits per heavy atom. The molecule has 0 aliphatic rings. The topological polar surface area (TPSA) is 55.8 Å². The standard InChI is InChI=1S/C13H18O4/c1-3-16-12-6-4-5-11(8-15)13(12)17-9-10(2)7-14/h4-6,8,10,14H,3,7,9H2,1-2H3. The van der Waals surface area contributed by atoms with E-state index < -0.39 is 0 Å². The summed E-state index contributed by atoms with van der Waals surface area (Å²) in [5.74, 6) is 1.02. The summed E-state index contributed by atoms with van der Waals surface area (Å²) < 4.78 is 10.9. The van der Waals surface area contributed by atoms with Crippen molar-refractivity contribution in [1.29, 1.82) is 0 Å². The predicted octanol–water partition coefficient (Wildman–Crippen LogP) is 1.90. The lowest BCUT2D eigenvalue weighted by Gasteiger charge is -2.15. The van der Waals surface area contributed by atoms with Gasteiger partial charge in [-0.2, -0.15) is 0 Å². The smallest absolute Gasteiger partial charge is 0.171 e. The van der Waals surface area contributed by atoms with Gasteiger partial charge in [-0.25, -0.2) is 0 Å². The van der Waals surface area contributed by atoms with Crippen molar-refractivity contribution in [3.05, 3.63) is 23.8 Å². The maximum atomic E-state index is 10.9. The first kappa shape index (κ1) is 13.5. The zero-order chi connectivity index (χ0) is 12.7. The lowest BCUT2D eigenvalue weighted by Crippen LogP contribution is -2.13. The number of para-hydroxylation sites is 1. The number of ether oxygens (including phenoxy) is 2. The average molecular weight is 238 g/mol. The Morgan fingerprint density at radius 2 is 2.18 bits per heavy atom. The Hall–Kier alpha value is -1.55. The highest BCUT2D eigenvalue weighted by Crippen LogP contribution is 2.30. The third kappa shape index (κ3) is 3.75. The zero-order valence-electron chi connectivity index (χ0n) is 10.2. The Morgan fingerprint density at radius 3 is 2.76 bits per heavy atom. The lowest BCUT2D eigenvalue weighted by molar-refractivity contribution is 0.111. The highest BCUT2D eigenvalue weighted by molar-refractivity contribution is 5.81. The fourth-order valence-electron chi connectivity index (χ4n) is 1.33. The van der Waals surface area contributed by atoms with E-state index in [1.165, 1.54) is 0 Å². The molecule has 1 rings (SSSR count). The summed E-state index contributed by atoms with van der Waals surface area (Å²) in [5, 5.41) is 8.93. The average Bonchev–Trinajstić information content (AvgIpc) is 2.36. The first-order chi connectivity index (χ1) is 8.22. The van der Waals surface area contributed by atoms with Gasteiger partial charge in [0.2, 0.25) is 0 Å². The third-order valence-corrected chi connectivity index (χ3v) is 2.26. The Kier molecular flexibility index (Phi) is 5.49. The van der Waals surface area contributed by atoms with E-state index in [-0.39, 0.29) is 12.5 Å². The van der Waals surface area contributed by atoms with Gasteiger partial charge in [-0.05, 0) is 19.1 Å². The molecule has 4 nitrogen and oxygen atoms in total. The summed E-state index contributed by atoms with van der Waals surface area (Å²) in [4.78, 5) is 10.9. The van der Waals surface area contributed by atoms with Gasteiger partial charge in [0.15, 0.2) is 17.8 Å². The van der Waals surface area contributed by atoms with Gasteiger partial charge in [-0.3, -0.25) is 4.79 Å². The monoisotopic (exact) mass is 238 g/mol. The molecular weight excluding hydrogens is 220 g/mol. The molecule has 1 unspecified atom stereocenters. The van der Waals surface area contributed by atoms with Gasteiger partial charge >= 0.3 is 0 Å². The molecule has 0 bridgehead atoms. The highest BCUT2D eigenvalue weighted by atomic mass is 16.5. The second-order valence-electron chi connectivity index (χ2n) is 3.82. The third-order valence-electron chi connectivity index (χ3n) is 2.26. The number of carbonyl (C=O) groups is 1. The van der Waals surface area contributed by atoms with E-state index in [1.54, 1.807) is 18.2 Å². The van der Waals surface area contributed by atoms with Crippen LogP contribution in [0.3, 0.4) is 0 Å². The van der Waals surface area contributed by atoms with Crippen molar-refractivity contribution in [3.8, 4) is 11.5 Å². The van der Waals surface area contributed by atoms with Crippen LogP contribution in [-0.4, -0.2) is 31.2 Å². The molecule has 0 heterocycles. The summed E-state index contributed by atoms with van der Waals surface area (Å²) >= 11 is 0. The number of hydrogen-bond acceptors (Lipinski definition) is 4. The Labute approximate surface area is 101 Å². The maximum absolute atomic E-state index is 10.9. The van der Waals surface area contributed by atoms with Crippen LogP contribution in [0.25, 0.3) is 0 Å². The molecular formula is C13H18O4. The number of rotatable bonds is 7. The molecule has 0 radical (unpaired) electrons. The molecule has 0 aliphatic carbocycles. The molecule has 0 amide bonds. The molecule has 0 saturated heterocycles. The van der Waals surface area contributed by atoms with Gasteiger partial charge in [0.25, 0.3) is 0 Å². The van der Waals surface area contributed by atoms with Gasteiger partial charge < -0.3 is 14.6 Å². The van der Waals surface area contributed by atoms with Gasteiger partial charge in [0, 0.05) is 12.5 Å². The molecule has 0 fully saturated rings. The van der Waals surface area contributed by atoms with Gasteiger partial charge in [-0.1, -0.05) is 13.0 Å². The second kappa shape index (κ2) is 6.91. The summed E-state index contributed by atoms with van der Waals surface area (Å²) in [7, 11) is 0. The van der Waals surface area contributed by atoms with Gasteiger partial charge in [0.05, 0.1) is 18.8 Å². The minimum absolute atomic E-state index is 0.0178. The van der Waals surface area contributed by atoms with Crippen molar-refractivity contribution in [2.45, 2.75) is 13.8 Å². The molecule has 1 atom stereocenters. The fourth-order valence-corrected chi connectivity index (χ4v) is 1.33. The Bertz CT molecular complexity index is 362. The summed E-state index contributed by atoms with van der Waals surface area (Å²) in [6.07, 6.45) is 0.738. The first-order valence-electron chi connectivity index (χ1n) is 5.67. The van der Waals surface area contributed by atoms with Crippen LogP contribution in [0.15, 0.2) is 18.2 Å². The molecule has 94 valence electrons. The predicted molar refractivity (Wildman–Crippen MR) is 64.7 cm³/mol. The van der Waals surface area contributed by atoms with Crippen LogP contribution in [0, 0.1) is 5.92 Å². The van der Waals surface area contributed by atoms with Gasteiger partial charge in [0.1, 0.15) is 0 Å². The van der Waals surface area contributed by atoms with E-state index in [1.807, 2.05) is 13.8 Å². The molecule has 0 spiro atoms. The molecule has 4 heteroatoms. The second-order valence-corrected chi connectivity index (χ2v) is 3.82. The summed E-state index contributed by atoms with van der Waals surface area (Å²) in [5.41, 5.74) is 0.459. The Balaban J connectivity index is 2.88. The quantitative estimate of drug-likeness (QED) is 0.737. The zero-order valence-corrected chi connectivity index (χ0v) is 10.2. The SMILES string of the molecule is CCOc1cccc(C=O)c1OCC(C)CO. The summed E-state index contributed by atoms with van der Waals surface area (Å²) in [6, 6.07) is 5.18. The minimum atomic E-state index is 0.0178. The number of aliphatic hydroxyl groups is 1.